The van der Waals surface area contributed by atoms with Gasteiger partial charge in [0.25, 0.3) is 0 Å². The van der Waals surface area contributed by atoms with Gasteiger partial charge in [-0.05, 0) is 62.8 Å². The van der Waals surface area contributed by atoms with E-state index in [2.05, 4.69) is 52.7 Å². The van der Waals surface area contributed by atoms with Crippen molar-refractivity contribution in [2.75, 3.05) is 37.3 Å². The zero-order chi connectivity index (χ0) is 22.3. The number of hydrogen-bond donors (Lipinski definition) is 3. The molecule has 1 aliphatic heterocycles. The Morgan fingerprint density at radius 3 is 2.66 bits per heavy atom. The molecule has 0 saturated heterocycles. The summed E-state index contributed by atoms with van der Waals surface area (Å²) in [4.78, 5) is 16.5. The highest BCUT2D eigenvalue weighted by Gasteiger charge is 2.21. The summed E-state index contributed by atoms with van der Waals surface area (Å²) >= 11 is 0. The van der Waals surface area contributed by atoms with Crippen molar-refractivity contribution in [2.24, 2.45) is 0 Å². The second kappa shape index (κ2) is 10.9. The summed E-state index contributed by atoms with van der Waals surface area (Å²) in [6, 6.07) is 4.54. The SMILES string of the molecule is CCCCNc1ncc(-c2ccc(C3=CCN(C)CC3)cn2)c(NC2CCC(O)CC2)n1. The molecule has 2 aliphatic rings. The molecule has 32 heavy (non-hydrogen) atoms. The maximum absolute atomic E-state index is 9.86. The third-order valence-electron chi connectivity index (χ3n) is 6.46. The van der Waals surface area contributed by atoms with Gasteiger partial charge in [0.2, 0.25) is 5.95 Å². The molecule has 2 aromatic heterocycles. The summed E-state index contributed by atoms with van der Waals surface area (Å²) in [5, 5.41) is 16.8. The average Bonchev–Trinajstić information content (AvgIpc) is 2.82. The molecule has 4 rings (SSSR count). The van der Waals surface area contributed by atoms with Crippen LogP contribution in [0.3, 0.4) is 0 Å². The van der Waals surface area contributed by atoms with E-state index in [0.29, 0.717) is 12.0 Å². The second-order valence-electron chi connectivity index (χ2n) is 9.06. The summed E-state index contributed by atoms with van der Waals surface area (Å²) in [6.45, 7) is 5.11. The van der Waals surface area contributed by atoms with Crippen LogP contribution in [0.4, 0.5) is 11.8 Å². The molecular formula is C25H36N6O. The lowest BCUT2D eigenvalue weighted by Gasteiger charge is -2.27. The van der Waals surface area contributed by atoms with E-state index in [1.807, 2.05) is 12.4 Å². The monoisotopic (exact) mass is 436 g/mol. The van der Waals surface area contributed by atoms with Crippen molar-refractivity contribution in [3.8, 4) is 11.3 Å². The van der Waals surface area contributed by atoms with E-state index >= 15 is 0 Å². The Morgan fingerprint density at radius 1 is 1.12 bits per heavy atom. The molecule has 0 bridgehead atoms. The number of aromatic nitrogens is 3. The highest BCUT2D eigenvalue weighted by molar-refractivity contribution is 5.74. The van der Waals surface area contributed by atoms with E-state index in [0.717, 1.165) is 81.7 Å². The normalized spacial score (nSPS) is 21.8. The van der Waals surface area contributed by atoms with Gasteiger partial charge in [0.1, 0.15) is 5.82 Å². The smallest absolute Gasteiger partial charge is 0.224 e. The quantitative estimate of drug-likeness (QED) is 0.535. The minimum Gasteiger partial charge on any atom is -0.393 e. The van der Waals surface area contributed by atoms with Gasteiger partial charge in [-0.3, -0.25) is 4.98 Å². The molecule has 0 atom stereocenters. The maximum atomic E-state index is 9.86. The Bertz CT molecular complexity index is 905. The molecule has 2 aromatic rings. The van der Waals surface area contributed by atoms with Gasteiger partial charge in [-0.25, -0.2) is 4.98 Å². The highest BCUT2D eigenvalue weighted by Crippen LogP contribution is 2.30. The van der Waals surface area contributed by atoms with Crippen molar-refractivity contribution in [1.29, 1.82) is 0 Å². The topological polar surface area (TPSA) is 86.2 Å². The number of likely N-dealkylation sites (N-methyl/N-ethyl adjacent to an activating group) is 1. The number of rotatable bonds is 8. The fraction of sp³-hybridized carbons (Fsp3) is 0.560. The Hall–Kier alpha value is -2.51. The number of aliphatic hydroxyl groups is 1. The molecule has 0 radical (unpaired) electrons. The van der Waals surface area contributed by atoms with Gasteiger partial charge in [-0.1, -0.05) is 25.5 Å². The van der Waals surface area contributed by atoms with Crippen LogP contribution in [-0.2, 0) is 0 Å². The summed E-state index contributed by atoms with van der Waals surface area (Å²) in [5.74, 6) is 1.47. The molecule has 3 heterocycles. The lowest BCUT2D eigenvalue weighted by Crippen LogP contribution is -2.29. The lowest BCUT2D eigenvalue weighted by atomic mass is 9.93. The molecule has 0 spiro atoms. The van der Waals surface area contributed by atoms with Crippen LogP contribution in [0.25, 0.3) is 16.8 Å². The zero-order valence-electron chi connectivity index (χ0n) is 19.3. The van der Waals surface area contributed by atoms with E-state index in [9.17, 15) is 5.11 Å². The Kier molecular flexibility index (Phi) is 7.71. The van der Waals surface area contributed by atoms with E-state index in [1.54, 1.807) is 0 Å². The van der Waals surface area contributed by atoms with Crippen molar-refractivity contribution < 1.29 is 5.11 Å². The van der Waals surface area contributed by atoms with Gasteiger partial charge < -0.3 is 20.6 Å². The van der Waals surface area contributed by atoms with Crippen LogP contribution >= 0.6 is 0 Å². The molecule has 1 fully saturated rings. The molecule has 1 aliphatic carbocycles. The van der Waals surface area contributed by atoms with Gasteiger partial charge in [-0.2, -0.15) is 4.98 Å². The molecule has 0 unspecified atom stereocenters. The van der Waals surface area contributed by atoms with Crippen LogP contribution < -0.4 is 10.6 Å². The molecule has 7 heteroatoms. The second-order valence-corrected chi connectivity index (χ2v) is 9.06. The van der Waals surface area contributed by atoms with Crippen LogP contribution in [0.1, 0.15) is 57.4 Å². The molecule has 3 N–H and O–H groups in total. The highest BCUT2D eigenvalue weighted by atomic mass is 16.3. The van der Waals surface area contributed by atoms with Crippen LogP contribution in [0.5, 0.6) is 0 Å². The van der Waals surface area contributed by atoms with Gasteiger partial charge in [0.05, 0.1) is 17.4 Å². The fourth-order valence-electron chi connectivity index (χ4n) is 4.33. The predicted octanol–water partition coefficient (Wildman–Crippen LogP) is 4.18. The molecular weight excluding hydrogens is 400 g/mol. The van der Waals surface area contributed by atoms with Crippen LogP contribution in [0.2, 0.25) is 0 Å². The van der Waals surface area contributed by atoms with Gasteiger partial charge in [-0.15, -0.1) is 0 Å². The summed E-state index contributed by atoms with van der Waals surface area (Å²) in [6.07, 6.45) is 12.8. The van der Waals surface area contributed by atoms with Crippen molar-refractivity contribution in [3.05, 3.63) is 36.2 Å². The van der Waals surface area contributed by atoms with Crippen LogP contribution in [0, 0.1) is 0 Å². The first-order valence-electron chi connectivity index (χ1n) is 12.0. The molecule has 7 nitrogen and oxygen atoms in total. The van der Waals surface area contributed by atoms with E-state index in [-0.39, 0.29) is 6.10 Å². The number of unbranched alkanes of at least 4 members (excludes halogenated alkanes) is 1. The molecule has 0 amide bonds. The van der Waals surface area contributed by atoms with E-state index in [4.69, 9.17) is 9.97 Å². The van der Waals surface area contributed by atoms with Crippen molar-refractivity contribution in [3.63, 3.8) is 0 Å². The minimum absolute atomic E-state index is 0.174. The maximum Gasteiger partial charge on any atom is 0.224 e. The largest absolute Gasteiger partial charge is 0.393 e. The van der Waals surface area contributed by atoms with Gasteiger partial charge in [0.15, 0.2) is 0 Å². The van der Waals surface area contributed by atoms with Gasteiger partial charge >= 0.3 is 0 Å². The Balaban J connectivity index is 1.55. The van der Waals surface area contributed by atoms with Crippen molar-refractivity contribution in [2.45, 2.75) is 64.0 Å². The number of pyridine rings is 1. The first kappa shape index (κ1) is 22.7. The fourth-order valence-corrected chi connectivity index (χ4v) is 4.33. The standard InChI is InChI=1S/C25H36N6O/c1-3-4-13-26-25-28-17-22(24(30-25)29-20-6-8-21(32)9-7-20)23-10-5-19(16-27-23)18-11-14-31(2)15-12-18/h5,10-11,16-17,20-21,32H,3-4,6-9,12-15H2,1-2H3,(H2,26,28,29,30). The number of nitrogens with zero attached hydrogens (tertiary/aromatic N) is 4. The summed E-state index contributed by atoms with van der Waals surface area (Å²) < 4.78 is 0. The van der Waals surface area contributed by atoms with Gasteiger partial charge in [0, 0.05) is 38.1 Å². The zero-order valence-corrected chi connectivity index (χ0v) is 19.3. The number of aliphatic hydroxyl groups excluding tert-OH is 1. The van der Waals surface area contributed by atoms with E-state index in [1.165, 1.54) is 11.1 Å². The number of hydrogen-bond acceptors (Lipinski definition) is 7. The first-order valence-corrected chi connectivity index (χ1v) is 12.0. The molecule has 0 aromatic carbocycles. The minimum atomic E-state index is -0.174. The van der Waals surface area contributed by atoms with E-state index < -0.39 is 0 Å². The number of nitrogens with one attached hydrogen (secondary N) is 2. The van der Waals surface area contributed by atoms with Crippen LogP contribution in [-0.4, -0.2) is 63.8 Å². The third-order valence-corrected chi connectivity index (χ3v) is 6.46. The molecule has 172 valence electrons. The summed E-state index contributed by atoms with van der Waals surface area (Å²) in [7, 11) is 2.15. The lowest BCUT2D eigenvalue weighted by molar-refractivity contribution is 0.126. The molecule has 1 saturated carbocycles. The third kappa shape index (κ3) is 5.84. The van der Waals surface area contributed by atoms with Crippen molar-refractivity contribution >= 4 is 17.3 Å². The average molecular weight is 437 g/mol. The Labute approximate surface area is 191 Å². The predicted molar refractivity (Wildman–Crippen MR) is 131 cm³/mol. The number of anilines is 2. The van der Waals surface area contributed by atoms with Crippen molar-refractivity contribution in [1.82, 2.24) is 19.9 Å². The first-order chi connectivity index (χ1) is 15.6. The Morgan fingerprint density at radius 2 is 1.97 bits per heavy atom. The summed E-state index contributed by atoms with van der Waals surface area (Å²) in [5.41, 5.74) is 4.35. The van der Waals surface area contributed by atoms with Crippen LogP contribution in [0.15, 0.2) is 30.6 Å².